The highest BCUT2D eigenvalue weighted by Gasteiger charge is 2.35. The summed E-state index contributed by atoms with van der Waals surface area (Å²) in [5.74, 6) is 0.0521. The molecule has 3 rings (SSSR count). The molecule has 0 aliphatic carbocycles. The quantitative estimate of drug-likeness (QED) is 0.918. The average molecular weight is 304 g/mol. The second-order valence-electron chi connectivity index (χ2n) is 6.04. The summed E-state index contributed by atoms with van der Waals surface area (Å²) < 4.78 is 6.52. The Morgan fingerprint density at radius 2 is 2.09 bits per heavy atom. The van der Waals surface area contributed by atoms with Crippen LogP contribution in [0.4, 0.5) is 0 Å². The largest absolute Gasteiger partial charge is 0.383 e. The van der Waals surface area contributed by atoms with Gasteiger partial charge in [-0.15, -0.1) is 0 Å². The highest BCUT2D eigenvalue weighted by Crippen LogP contribution is 2.22. The molecule has 1 amide bonds. The average Bonchev–Trinajstić information content (AvgIpc) is 3.03. The maximum Gasteiger partial charge on any atom is 0.278 e. The van der Waals surface area contributed by atoms with E-state index in [0.717, 1.165) is 5.69 Å². The molecular weight excluding hydrogens is 284 g/mol. The van der Waals surface area contributed by atoms with E-state index in [1.807, 2.05) is 26.8 Å². The second-order valence-corrected chi connectivity index (χ2v) is 6.04. The minimum absolute atomic E-state index is 0.0966. The van der Waals surface area contributed by atoms with Crippen LogP contribution in [-0.2, 0) is 11.3 Å². The van der Waals surface area contributed by atoms with Crippen molar-refractivity contribution in [1.29, 1.82) is 0 Å². The maximum absolute atomic E-state index is 12.6. The number of carbonyl (C=O) groups excluding carboxylic acids is 1. The van der Waals surface area contributed by atoms with Crippen molar-refractivity contribution in [3.05, 3.63) is 33.4 Å². The van der Waals surface area contributed by atoms with Crippen LogP contribution in [0.25, 0.3) is 5.65 Å². The molecule has 0 radical (unpaired) electrons. The fraction of sp³-hybridized carbons (Fsp3) is 0.533. The Labute approximate surface area is 127 Å². The molecule has 0 unspecified atom stereocenters. The molecule has 1 atom stereocenters. The maximum atomic E-state index is 12.6. The van der Waals surface area contributed by atoms with Crippen molar-refractivity contribution in [2.24, 2.45) is 0 Å². The number of rotatable bonds is 4. The van der Waals surface area contributed by atoms with E-state index in [1.54, 1.807) is 12.0 Å². The summed E-state index contributed by atoms with van der Waals surface area (Å²) in [4.78, 5) is 31.1. The number of hydrogen-bond donors (Lipinski definition) is 1. The lowest BCUT2D eigenvalue weighted by molar-refractivity contribution is 0.0584. The molecule has 0 spiro atoms. The van der Waals surface area contributed by atoms with E-state index in [1.165, 1.54) is 4.52 Å². The van der Waals surface area contributed by atoms with E-state index in [2.05, 4.69) is 10.1 Å². The van der Waals surface area contributed by atoms with Crippen molar-refractivity contribution < 1.29 is 9.53 Å². The fourth-order valence-corrected chi connectivity index (χ4v) is 2.76. The van der Waals surface area contributed by atoms with Crippen LogP contribution in [-0.4, -0.2) is 45.2 Å². The Morgan fingerprint density at radius 1 is 1.36 bits per heavy atom. The minimum atomic E-state index is -0.202. The molecule has 3 heterocycles. The molecule has 1 aliphatic heterocycles. The highest BCUT2D eigenvalue weighted by molar-refractivity contribution is 5.97. The van der Waals surface area contributed by atoms with Gasteiger partial charge in [0.25, 0.3) is 11.5 Å². The number of fused-ring (bicyclic) bond motifs is 2. The normalized spacial score (nSPS) is 15.9. The first kappa shape index (κ1) is 14.8. The molecule has 2 aromatic heterocycles. The Morgan fingerprint density at radius 3 is 2.73 bits per heavy atom. The lowest BCUT2D eigenvalue weighted by Gasteiger charge is -2.22. The summed E-state index contributed by atoms with van der Waals surface area (Å²) >= 11 is 0. The molecular formula is C15H20N4O3. The van der Waals surface area contributed by atoms with Crippen LogP contribution < -0.4 is 5.56 Å². The zero-order chi connectivity index (χ0) is 16.0. The van der Waals surface area contributed by atoms with Crippen LogP contribution in [0.2, 0.25) is 0 Å². The first-order chi connectivity index (χ1) is 10.4. The molecule has 1 aliphatic rings. The van der Waals surface area contributed by atoms with E-state index in [9.17, 15) is 9.59 Å². The van der Waals surface area contributed by atoms with Gasteiger partial charge in [-0.3, -0.25) is 14.7 Å². The number of carbonyl (C=O) groups is 1. The predicted octanol–water partition coefficient (Wildman–Crippen LogP) is 1.14. The van der Waals surface area contributed by atoms with Crippen molar-refractivity contribution in [1.82, 2.24) is 19.5 Å². The van der Waals surface area contributed by atoms with Crippen LogP contribution in [0.3, 0.4) is 0 Å². The summed E-state index contributed by atoms with van der Waals surface area (Å²) in [5.41, 5.74) is 1.92. The first-order valence-electron chi connectivity index (χ1n) is 7.38. The van der Waals surface area contributed by atoms with Gasteiger partial charge in [0.15, 0.2) is 5.65 Å². The summed E-state index contributed by atoms with van der Waals surface area (Å²) in [6.45, 7) is 6.67. The lowest BCUT2D eigenvalue weighted by atomic mass is 10.1. The van der Waals surface area contributed by atoms with E-state index >= 15 is 0 Å². The number of aromatic nitrogens is 3. The fourth-order valence-electron chi connectivity index (χ4n) is 2.76. The lowest BCUT2D eigenvalue weighted by Crippen LogP contribution is -2.36. The minimum Gasteiger partial charge on any atom is -0.383 e. The molecule has 1 N–H and O–H groups in total. The SMILES string of the molecule is COC[C@@H](C)N1Cc2c(nc3cc(C(C)C)[nH]n3c2=O)C1=O. The van der Waals surface area contributed by atoms with Gasteiger partial charge < -0.3 is 9.64 Å². The number of hydrogen-bond acceptors (Lipinski definition) is 4. The Hall–Kier alpha value is -2.15. The van der Waals surface area contributed by atoms with Gasteiger partial charge in [-0.2, -0.15) is 0 Å². The molecule has 0 saturated heterocycles. The summed E-state index contributed by atoms with van der Waals surface area (Å²) in [6.07, 6.45) is 0. The summed E-state index contributed by atoms with van der Waals surface area (Å²) in [7, 11) is 1.59. The van der Waals surface area contributed by atoms with Crippen molar-refractivity contribution in [2.75, 3.05) is 13.7 Å². The number of ether oxygens (including phenoxy) is 1. The van der Waals surface area contributed by atoms with E-state index < -0.39 is 0 Å². The predicted molar refractivity (Wildman–Crippen MR) is 81.1 cm³/mol. The van der Waals surface area contributed by atoms with Crippen LogP contribution in [0.5, 0.6) is 0 Å². The van der Waals surface area contributed by atoms with Gasteiger partial charge in [-0.25, -0.2) is 9.50 Å². The first-order valence-corrected chi connectivity index (χ1v) is 7.38. The molecule has 2 aromatic rings. The Kier molecular flexibility index (Phi) is 3.52. The topological polar surface area (TPSA) is 79.7 Å². The number of methoxy groups -OCH3 is 1. The van der Waals surface area contributed by atoms with E-state index in [4.69, 9.17) is 4.74 Å². The third-order valence-corrected chi connectivity index (χ3v) is 4.08. The van der Waals surface area contributed by atoms with Crippen LogP contribution in [0.1, 0.15) is 48.4 Å². The third-order valence-electron chi connectivity index (χ3n) is 4.08. The zero-order valence-corrected chi connectivity index (χ0v) is 13.2. The van der Waals surface area contributed by atoms with Crippen LogP contribution in [0, 0.1) is 0 Å². The van der Waals surface area contributed by atoms with Crippen molar-refractivity contribution in [2.45, 2.75) is 39.3 Å². The molecule has 118 valence electrons. The van der Waals surface area contributed by atoms with Crippen molar-refractivity contribution >= 4 is 11.6 Å². The number of nitrogens with one attached hydrogen (secondary N) is 1. The second kappa shape index (κ2) is 5.24. The monoisotopic (exact) mass is 304 g/mol. The highest BCUT2D eigenvalue weighted by atomic mass is 16.5. The molecule has 7 heteroatoms. The van der Waals surface area contributed by atoms with Crippen molar-refractivity contribution in [3.8, 4) is 0 Å². The summed E-state index contributed by atoms with van der Waals surface area (Å²) in [6, 6.07) is 1.72. The smallest absolute Gasteiger partial charge is 0.278 e. The summed E-state index contributed by atoms with van der Waals surface area (Å²) in [5, 5.41) is 3.06. The number of H-pyrrole nitrogens is 1. The molecule has 0 aromatic carbocycles. The zero-order valence-electron chi connectivity index (χ0n) is 13.2. The molecule has 7 nitrogen and oxygen atoms in total. The standard InChI is InChI=1S/C15H20N4O3/c1-8(2)11-5-12-16-13-10(14(20)19(12)17-11)6-18(15(13)21)9(3)7-22-4/h5,8-9,17H,6-7H2,1-4H3/t9-/m1/s1. The van der Waals surface area contributed by atoms with Crippen LogP contribution >= 0.6 is 0 Å². The van der Waals surface area contributed by atoms with Gasteiger partial charge in [0.1, 0.15) is 5.69 Å². The molecule has 0 bridgehead atoms. The molecule has 22 heavy (non-hydrogen) atoms. The van der Waals surface area contributed by atoms with Crippen LogP contribution in [0.15, 0.2) is 10.9 Å². The number of amides is 1. The number of aromatic amines is 1. The van der Waals surface area contributed by atoms with Gasteiger partial charge in [-0.1, -0.05) is 13.8 Å². The molecule has 0 saturated carbocycles. The number of nitrogens with zero attached hydrogens (tertiary/aromatic N) is 3. The van der Waals surface area contributed by atoms with Gasteiger partial charge >= 0.3 is 0 Å². The van der Waals surface area contributed by atoms with Gasteiger partial charge in [0.2, 0.25) is 0 Å². The Bertz CT molecular complexity index is 790. The van der Waals surface area contributed by atoms with Gasteiger partial charge in [-0.05, 0) is 12.8 Å². The Balaban J connectivity index is 2.08. The van der Waals surface area contributed by atoms with Crippen molar-refractivity contribution in [3.63, 3.8) is 0 Å². The third kappa shape index (κ3) is 2.12. The van der Waals surface area contributed by atoms with Gasteiger partial charge in [0.05, 0.1) is 24.8 Å². The molecule has 0 fully saturated rings. The van der Waals surface area contributed by atoms with E-state index in [-0.39, 0.29) is 35.7 Å². The van der Waals surface area contributed by atoms with Gasteiger partial charge in [0, 0.05) is 18.9 Å². The van der Waals surface area contributed by atoms with E-state index in [0.29, 0.717) is 17.8 Å².